The molecule has 0 saturated carbocycles. The zero-order valence-electron chi connectivity index (χ0n) is 7.86. The van der Waals surface area contributed by atoms with E-state index in [1.54, 1.807) is 0 Å². The number of phenolic OH excluding ortho intramolecular Hbond substituents is 1. The Hall–Kier alpha value is -1.23. The van der Waals surface area contributed by atoms with Crippen LogP contribution >= 0.6 is 0 Å². The number of aromatic hydroxyl groups is 1. The Morgan fingerprint density at radius 3 is 2.60 bits per heavy atom. The van der Waals surface area contributed by atoms with E-state index in [0.717, 1.165) is 6.42 Å². The maximum absolute atomic E-state index is 13.4. The van der Waals surface area contributed by atoms with Crippen LogP contribution in [-0.2, 0) is 0 Å². The predicted octanol–water partition coefficient (Wildman–Crippen LogP) is 2.23. The maximum Gasteiger partial charge on any atom is 0.172 e. The van der Waals surface area contributed by atoms with Gasteiger partial charge in [-0.1, -0.05) is 0 Å². The van der Waals surface area contributed by atoms with E-state index in [2.05, 4.69) is 5.32 Å². The van der Waals surface area contributed by atoms with E-state index in [1.165, 1.54) is 0 Å². The van der Waals surface area contributed by atoms with Crippen molar-refractivity contribution in [3.05, 3.63) is 29.1 Å². The lowest BCUT2D eigenvalue weighted by atomic mass is 10.0. The van der Waals surface area contributed by atoms with Crippen LogP contribution in [0.3, 0.4) is 0 Å². The Morgan fingerprint density at radius 1 is 1.27 bits per heavy atom. The minimum atomic E-state index is -1.22. The molecule has 2 N–H and O–H groups in total. The molecule has 0 bridgehead atoms. The third-order valence-corrected chi connectivity index (χ3v) is 2.58. The second kappa shape index (κ2) is 3.73. The average Bonchev–Trinajstić information content (AvgIpc) is 2.69. The summed E-state index contributed by atoms with van der Waals surface area (Å²) in [5.41, 5.74) is -0.398. The monoisotopic (exact) mass is 217 g/mol. The lowest BCUT2D eigenvalue weighted by molar-refractivity contribution is 0.394. The Bertz CT molecular complexity index is 362. The number of benzene rings is 1. The van der Waals surface area contributed by atoms with Gasteiger partial charge >= 0.3 is 0 Å². The fourth-order valence-electron chi connectivity index (χ4n) is 1.85. The first-order chi connectivity index (χ1) is 7.11. The molecule has 1 unspecified atom stereocenters. The molecule has 0 radical (unpaired) electrons. The second-order valence-electron chi connectivity index (χ2n) is 3.57. The average molecular weight is 217 g/mol. The van der Waals surface area contributed by atoms with Gasteiger partial charge in [0.05, 0.1) is 0 Å². The minimum absolute atomic E-state index is 0.398. The SMILES string of the molecule is Oc1cc(F)c(F)c(C2CCCN2)c1F. The molecule has 1 aliphatic heterocycles. The highest BCUT2D eigenvalue weighted by molar-refractivity contribution is 5.34. The van der Waals surface area contributed by atoms with Gasteiger partial charge in [-0.2, -0.15) is 0 Å². The van der Waals surface area contributed by atoms with E-state index in [1.807, 2.05) is 0 Å². The number of hydrogen-bond acceptors (Lipinski definition) is 2. The first kappa shape index (κ1) is 10.3. The summed E-state index contributed by atoms with van der Waals surface area (Å²) in [6.45, 7) is 0.640. The van der Waals surface area contributed by atoms with Crippen molar-refractivity contribution in [1.82, 2.24) is 5.32 Å². The molecule has 82 valence electrons. The van der Waals surface area contributed by atoms with Gasteiger partial charge in [0.2, 0.25) is 0 Å². The highest BCUT2D eigenvalue weighted by Gasteiger charge is 2.27. The van der Waals surface area contributed by atoms with Crippen molar-refractivity contribution in [2.45, 2.75) is 18.9 Å². The third-order valence-electron chi connectivity index (χ3n) is 2.58. The van der Waals surface area contributed by atoms with E-state index >= 15 is 0 Å². The molecule has 0 amide bonds. The Labute approximate surface area is 84.7 Å². The van der Waals surface area contributed by atoms with Gasteiger partial charge in [0.25, 0.3) is 0 Å². The summed E-state index contributed by atoms with van der Waals surface area (Å²) in [5.74, 6) is -4.37. The summed E-state index contributed by atoms with van der Waals surface area (Å²) in [6, 6.07) is -0.102. The fraction of sp³-hybridized carbons (Fsp3) is 0.400. The number of rotatable bonds is 1. The molecule has 1 fully saturated rings. The number of hydrogen-bond donors (Lipinski definition) is 2. The number of phenols is 1. The Balaban J connectivity index is 2.52. The summed E-state index contributed by atoms with van der Waals surface area (Å²) in [6.07, 6.45) is 1.32. The molecule has 1 aromatic rings. The van der Waals surface area contributed by atoms with Crippen LogP contribution in [0.5, 0.6) is 5.75 Å². The highest BCUT2D eigenvalue weighted by atomic mass is 19.2. The van der Waals surface area contributed by atoms with Crippen LogP contribution in [0, 0.1) is 17.5 Å². The molecule has 1 aliphatic rings. The molecule has 1 heterocycles. The zero-order valence-corrected chi connectivity index (χ0v) is 7.86. The fourth-order valence-corrected chi connectivity index (χ4v) is 1.85. The number of halogens is 3. The zero-order chi connectivity index (χ0) is 11.0. The van der Waals surface area contributed by atoms with Gasteiger partial charge in [-0.25, -0.2) is 13.2 Å². The van der Waals surface area contributed by atoms with Crippen LogP contribution in [0.2, 0.25) is 0 Å². The Kier molecular flexibility index (Phi) is 2.56. The van der Waals surface area contributed by atoms with E-state index in [9.17, 15) is 13.2 Å². The molecule has 1 atom stereocenters. The normalized spacial score (nSPS) is 20.9. The lowest BCUT2D eigenvalue weighted by Crippen LogP contribution is -2.16. The first-order valence-electron chi connectivity index (χ1n) is 4.71. The summed E-state index contributed by atoms with van der Waals surface area (Å²) in [7, 11) is 0. The molecule has 1 aromatic carbocycles. The van der Waals surface area contributed by atoms with Crippen LogP contribution < -0.4 is 5.32 Å². The smallest absolute Gasteiger partial charge is 0.172 e. The topological polar surface area (TPSA) is 32.3 Å². The molecular formula is C10H10F3NO. The first-order valence-corrected chi connectivity index (χ1v) is 4.71. The molecule has 1 saturated heterocycles. The Morgan fingerprint density at radius 2 is 2.00 bits per heavy atom. The van der Waals surface area contributed by atoms with Gasteiger partial charge in [-0.3, -0.25) is 0 Å². The van der Waals surface area contributed by atoms with Gasteiger partial charge in [0, 0.05) is 17.7 Å². The van der Waals surface area contributed by atoms with Crippen molar-refractivity contribution in [3.63, 3.8) is 0 Å². The summed E-state index contributed by atoms with van der Waals surface area (Å²) in [4.78, 5) is 0. The molecule has 0 aromatic heterocycles. The summed E-state index contributed by atoms with van der Waals surface area (Å²) < 4.78 is 39.7. The molecule has 0 aliphatic carbocycles. The van der Waals surface area contributed by atoms with Gasteiger partial charge in [0.1, 0.15) is 0 Å². The van der Waals surface area contributed by atoms with Crippen LogP contribution in [0.25, 0.3) is 0 Å². The standard InChI is InChI=1S/C10H10F3NO/c11-5-4-7(15)10(13)8(9(5)12)6-2-1-3-14-6/h4,6,14-15H,1-3H2. The maximum atomic E-state index is 13.4. The van der Waals surface area contributed by atoms with Crippen molar-refractivity contribution < 1.29 is 18.3 Å². The molecular weight excluding hydrogens is 207 g/mol. The van der Waals surface area contributed by atoms with Crippen molar-refractivity contribution in [3.8, 4) is 5.75 Å². The van der Waals surface area contributed by atoms with E-state index in [0.29, 0.717) is 19.0 Å². The van der Waals surface area contributed by atoms with Crippen molar-refractivity contribution in [2.75, 3.05) is 6.54 Å². The summed E-state index contributed by atoms with van der Waals surface area (Å²) in [5, 5.41) is 11.9. The summed E-state index contributed by atoms with van der Waals surface area (Å²) >= 11 is 0. The molecule has 2 nitrogen and oxygen atoms in total. The van der Waals surface area contributed by atoms with E-state index < -0.39 is 34.8 Å². The van der Waals surface area contributed by atoms with Gasteiger partial charge in [-0.15, -0.1) is 0 Å². The van der Waals surface area contributed by atoms with E-state index in [4.69, 9.17) is 5.11 Å². The van der Waals surface area contributed by atoms with Gasteiger partial charge < -0.3 is 10.4 Å². The predicted molar refractivity (Wildman–Crippen MR) is 48.0 cm³/mol. The van der Waals surface area contributed by atoms with Crippen molar-refractivity contribution in [2.24, 2.45) is 0 Å². The van der Waals surface area contributed by atoms with Crippen molar-refractivity contribution in [1.29, 1.82) is 0 Å². The quantitative estimate of drug-likeness (QED) is 0.707. The molecule has 15 heavy (non-hydrogen) atoms. The van der Waals surface area contributed by atoms with Crippen LogP contribution in [0.1, 0.15) is 24.4 Å². The van der Waals surface area contributed by atoms with Crippen LogP contribution in [0.15, 0.2) is 6.07 Å². The van der Waals surface area contributed by atoms with Crippen molar-refractivity contribution >= 4 is 0 Å². The van der Waals surface area contributed by atoms with E-state index in [-0.39, 0.29) is 0 Å². The van der Waals surface area contributed by atoms with Gasteiger partial charge in [0.15, 0.2) is 23.2 Å². The largest absolute Gasteiger partial charge is 0.505 e. The third kappa shape index (κ3) is 1.67. The van der Waals surface area contributed by atoms with Crippen LogP contribution in [0.4, 0.5) is 13.2 Å². The van der Waals surface area contributed by atoms with Crippen LogP contribution in [-0.4, -0.2) is 11.7 Å². The lowest BCUT2D eigenvalue weighted by Gasteiger charge is -2.13. The number of nitrogens with one attached hydrogen (secondary N) is 1. The molecule has 0 spiro atoms. The van der Waals surface area contributed by atoms with Gasteiger partial charge in [-0.05, 0) is 19.4 Å². The second-order valence-corrected chi connectivity index (χ2v) is 3.57. The molecule has 2 rings (SSSR count). The minimum Gasteiger partial charge on any atom is -0.505 e. The molecule has 5 heteroatoms. The highest BCUT2D eigenvalue weighted by Crippen LogP contribution is 2.33.